The Balaban J connectivity index is 3.17. The fourth-order valence-electron chi connectivity index (χ4n) is 2.70. The summed E-state index contributed by atoms with van der Waals surface area (Å²) in [7, 11) is 4.27. The molecule has 0 saturated carbocycles. The number of phenolic OH excluding ortho intramolecular Hbond substituents is 2. The topological polar surface area (TPSA) is 40.5 Å². The highest BCUT2D eigenvalue weighted by molar-refractivity contribution is 5.53. The number of hydrogen-bond acceptors (Lipinski definition) is 2. The lowest BCUT2D eigenvalue weighted by atomic mass is 9.79. The van der Waals surface area contributed by atoms with Crippen LogP contribution < -0.4 is 4.48 Å². The van der Waals surface area contributed by atoms with Gasteiger partial charge in [0.1, 0.15) is 5.69 Å². The Labute approximate surface area is 117 Å². The van der Waals surface area contributed by atoms with Crippen molar-refractivity contribution in [2.45, 2.75) is 46.6 Å². The van der Waals surface area contributed by atoms with Crippen LogP contribution >= 0.6 is 0 Å². The van der Waals surface area contributed by atoms with Gasteiger partial charge in [0.25, 0.3) is 0 Å². The van der Waals surface area contributed by atoms with E-state index in [0.29, 0.717) is 4.48 Å². The molecule has 3 nitrogen and oxygen atoms in total. The zero-order valence-electron chi connectivity index (χ0n) is 13.3. The summed E-state index contributed by atoms with van der Waals surface area (Å²) >= 11 is 0. The highest BCUT2D eigenvalue weighted by atomic mass is 16.3. The van der Waals surface area contributed by atoms with Gasteiger partial charge in [0.2, 0.25) is 0 Å². The maximum atomic E-state index is 9.70. The van der Waals surface area contributed by atoms with E-state index in [-0.39, 0.29) is 22.5 Å². The standard InChI is InChI=1S/C16H27NO2/c1-15(2,3)11-16(4,5)17(6,7)12-8-9-13(18)14(19)10-12/h8-10H,11H2,1-7H3,(H-,18,19)/p+1. The monoisotopic (exact) mass is 266 g/mol. The molecule has 0 atom stereocenters. The van der Waals surface area contributed by atoms with Gasteiger partial charge in [-0.05, 0) is 25.3 Å². The van der Waals surface area contributed by atoms with Crippen LogP contribution in [0.4, 0.5) is 5.69 Å². The van der Waals surface area contributed by atoms with Crippen molar-refractivity contribution in [3.8, 4) is 11.5 Å². The SMILES string of the molecule is CC(C)(C)CC(C)(C)[N+](C)(C)c1ccc(O)c(O)c1. The first kappa shape index (κ1) is 15.8. The molecule has 0 aromatic heterocycles. The van der Waals surface area contributed by atoms with Crippen molar-refractivity contribution < 1.29 is 10.2 Å². The second-order valence-electron chi connectivity index (χ2n) is 7.68. The van der Waals surface area contributed by atoms with Crippen molar-refractivity contribution in [3.05, 3.63) is 18.2 Å². The van der Waals surface area contributed by atoms with Crippen molar-refractivity contribution >= 4 is 5.69 Å². The molecule has 0 aliphatic heterocycles. The molecule has 1 aromatic rings. The van der Waals surface area contributed by atoms with Crippen LogP contribution in [0, 0.1) is 5.41 Å². The van der Waals surface area contributed by atoms with Crippen LogP contribution in [-0.4, -0.2) is 29.8 Å². The summed E-state index contributed by atoms with van der Waals surface area (Å²) in [6, 6.07) is 5.08. The molecule has 1 rings (SSSR count). The van der Waals surface area contributed by atoms with Gasteiger partial charge in [-0.25, -0.2) is 0 Å². The second kappa shape index (κ2) is 4.71. The Bertz CT molecular complexity index is 456. The lowest BCUT2D eigenvalue weighted by Crippen LogP contribution is -2.58. The highest BCUT2D eigenvalue weighted by Crippen LogP contribution is 2.40. The molecule has 0 unspecified atom stereocenters. The summed E-state index contributed by atoms with van der Waals surface area (Å²) in [5.74, 6) is -0.132. The first-order valence-corrected chi connectivity index (χ1v) is 6.73. The molecule has 1 aromatic carbocycles. The van der Waals surface area contributed by atoms with E-state index in [4.69, 9.17) is 0 Å². The molecule has 3 heteroatoms. The normalized spacial score (nSPS) is 13.6. The highest BCUT2D eigenvalue weighted by Gasteiger charge is 2.41. The Kier molecular flexibility index (Phi) is 3.93. The van der Waals surface area contributed by atoms with E-state index in [2.05, 4.69) is 48.7 Å². The number of rotatable bonds is 3. The zero-order chi connectivity index (χ0) is 15.1. The molecule has 0 bridgehead atoms. The summed E-state index contributed by atoms with van der Waals surface area (Å²) in [6.07, 6.45) is 1.05. The number of nitrogens with zero attached hydrogens (tertiary/aromatic N) is 1. The minimum Gasteiger partial charge on any atom is -0.504 e. The van der Waals surface area contributed by atoms with Crippen molar-refractivity contribution in [1.29, 1.82) is 0 Å². The number of quaternary nitrogens is 1. The second-order valence-corrected chi connectivity index (χ2v) is 7.68. The minimum atomic E-state index is -0.0719. The van der Waals surface area contributed by atoms with E-state index in [1.54, 1.807) is 12.1 Å². The average Bonchev–Trinajstić information content (AvgIpc) is 2.18. The van der Waals surface area contributed by atoms with Gasteiger partial charge in [0, 0.05) is 18.6 Å². The Hall–Kier alpha value is -1.22. The molecule has 0 heterocycles. The van der Waals surface area contributed by atoms with Gasteiger partial charge in [0.05, 0.1) is 19.6 Å². The van der Waals surface area contributed by atoms with Crippen LogP contribution in [0.25, 0.3) is 0 Å². The van der Waals surface area contributed by atoms with E-state index in [0.717, 1.165) is 12.1 Å². The van der Waals surface area contributed by atoms with Crippen LogP contribution in [0.5, 0.6) is 11.5 Å². The molecule has 19 heavy (non-hydrogen) atoms. The molecule has 2 N–H and O–H groups in total. The Morgan fingerprint density at radius 2 is 1.47 bits per heavy atom. The number of phenols is 2. The summed E-state index contributed by atoms with van der Waals surface area (Å²) in [6.45, 7) is 11.2. The van der Waals surface area contributed by atoms with Crippen molar-refractivity contribution in [1.82, 2.24) is 4.48 Å². The molecule has 108 valence electrons. The molecular weight excluding hydrogens is 238 g/mol. The molecule has 0 aliphatic rings. The third-order valence-corrected chi connectivity index (χ3v) is 4.08. The van der Waals surface area contributed by atoms with Gasteiger partial charge < -0.3 is 10.2 Å². The van der Waals surface area contributed by atoms with Crippen LogP contribution in [0.3, 0.4) is 0 Å². The van der Waals surface area contributed by atoms with Crippen LogP contribution in [0.15, 0.2) is 18.2 Å². The third-order valence-electron chi connectivity index (χ3n) is 4.08. The average molecular weight is 266 g/mol. The number of hydrogen-bond donors (Lipinski definition) is 2. The molecule has 0 spiro atoms. The van der Waals surface area contributed by atoms with Crippen molar-refractivity contribution in [3.63, 3.8) is 0 Å². The summed E-state index contributed by atoms with van der Waals surface area (Å²) in [5.41, 5.74) is 1.24. The first-order valence-electron chi connectivity index (χ1n) is 6.73. The van der Waals surface area contributed by atoms with Gasteiger partial charge in [-0.2, -0.15) is 0 Å². The molecule has 0 amide bonds. The lowest BCUT2D eigenvalue weighted by molar-refractivity contribution is 0.132. The largest absolute Gasteiger partial charge is 0.504 e. The summed E-state index contributed by atoms with van der Waals surface area (Å²) in [5, 5.41) is 19.1. The predicted octanol–water partition coefficient (Wildman–Crippen LogP) is 3.88. The molecule has 0 saturated heterocycles. The Morgan fingerprint density at radius 3 is 1.89 bits per heavy atom. The van der Waals surface area contributed by atoms with Crippen molar-refractivity contribution in [2.75, 3.05) is 14.1 Å². The fourth-order valence-corrected chi connectivity index (χ4v) is 2.70. The van der Waals surface area contributed by atoms with Gasteiger partial charge in [-0.15, -0.1) is 0 Å². The minimum absolute atomic E-state index is 0.0155. The lowest BCUT2D eigenvalue weighted by Gasteiger charge is -2.47. The number of aromatic hydroxyl groups is 2. The van der Waals surface area contributed by atoms with E-state index >= 15 is 0 Å². The molecule has 0 fully saturated rings. The van der Waals surface area contributed by atoms with E-state index in [1.165, 1.54) is 0 Å². The first-order chi connectivity index (χ1) is 8.37. The molecular formula is C16H28NO2+. The van der Waals surface area contributed by atoms with Gasteiger partial charge >= 0.3 is 0 Å². The Morgan fingerprint density at radius 1 is 0.947 bits per heavy atom. The smallest absolute Gasteiger partial charge is 0.163 e. The maximum absolute atomic E-state index is 9.70. The van der Waals surface area contributed by atoms with E-state index in [9.17, 15) is 10.2 Å². The summed E-state index contributed by atoms with van der Waals surface area (Å²) in [4.78, 5) is 0. The van der Waals surface area contributed by atoms with E-state index in [1.807, 2.05) is 6.07 Å². The quantitative estimate of drug-likeness (QED) is 0.644. The van der Waals surface area contributed by atoms with Crippen LogP contribution in [-0.2, 0) is 0 Å². The molecule has 0 radical (unpaired) electrons. The van der Waals surface area contributed by atoms with E-state index < -0.39 is 0 Å². The third kappa shape index (κ3) is 3.41. The number of benzene rings is 1. The van der Waals surface area contributed by atoms with Crippen molar-refractivity contribution in [2.24, 2.45) is 5.41 Å². The maximum Gasteiger partial charge on any atom is 0.163 e. The fraction of sp³-hybridized carbons (Fsp3) is 0.625. The van der Waals surface area contributed by atoms with Crippen LogP contribution in [0.1, 0.15) is 41.0 Å². The van der Waals surface area contributed by atoms with Crippen LogP contribution in [0.2, 0.25) is 0 Å². The predicted molar refractivity (Wildman–Crippen MR) is 81.6 cm³/mol. The van der Waals surface area contributed by atoms with Gasteiger partial charge in [0.15, 0.2) is 11.5 Å². The summed E-state index contributed by atoms with van der Waals surface area (Å²) < 4.78 is 0.651. The molecule has 0 aliphatic carbocycles. The zero-order valence-corrected chi connectivity index (χ0v) is 13.3. The van der Waals surface area contributed by atoms with Gasteiger partial charge in [-0.1, -0.05) is 20.8 Å². The van der Waals surface area contributed by atoms with Gasteiger partial charge in [-0.3, -0.25) is 4.48 Å².